The summed E-state index contributed by atoms with van der Waals surface area (Å²) in [6.45, 7) is 13.2. The maximum Gasteiger partial charge on any atom is 0.333 e. The summed E-state index contributed by atoms with van der Waals surface area (Å²) in [5, 5.41) is 10.7. The molecule has 0 saturated carbocycles. The molecule has 0 heterocycles. The van der Waals surface area contributed by atoms with Crippen LogP contribution >= 0.6 is 30.7 Å². The Morgan fingerprint density at radius 1 is 0.953 bits per heavy atom. The molecule has 2 aromatic carbocycles. The molecule has 0 spiro atoms. The van der Waals surface area contributed by atoms with Crippen LogP contribution < -0.4 is 15.6 Å². The van der Waals surface area contributed by atoms with Crippen molar-refractivity contribution in [1.29, 1.82) is 0 Å². The second-order valence-corrected chi connectivity index (χ2v) is 14.1. The van der Waals surface area contributed by atoms with Crippen molar-refractivity contribution in [3.63, 3.8) is 0 Å². The van der Waals surface area contributed by atoms with E-state index in [1.165, 1.54) is 39.8 Å². The average molecular weight is 663 g/mol. The van der Waals surface area contributed by atoms with Crippen LogP contribution in [0.5, 0.6) is 11.5 Å². The average Bonchev–Trinajstić information content (AvgIpc) is 2.90. The van der Waals surface area contributed by atoms with Crippen molar-refractivity contribution in [2.75, 3.05) is 19.6 Å². The van der Waals surface area contributed by atoms with Gasteiger partial charge < -0.3 is 24.2 Å². The van der Waals surface area contributed by atoms with Gasteiger partial charge in [0.25, 0.3) is 0 Å². The molecule has 0 amide bonds. The van der Waals surface area contributed by atoms with Gasteiger partial charge in [0.1, 0.15) is 22.6 Å². The summed E-state index contributed by atoms with van der Waals surface area (Å²) in [4.78, 5) is 36.9. The number of esters is 2. The van der Waals surface area contributed by atoms with Gasteiger partial charge in [-0.05, 0) is 82.3 Å². The fourth-order valence-electron chi connectivity index (χ4n) is 3.86. The van der Waals surface area contributed by atoms with Crippen LogP contribution in [0, 0.1) is 0 Å². The lowest BCUT2D eigenvalue weighted by Crippen LogP contribution is -2.64. The highest BCUT2D eigenvalue weighted by atomic mass is 35.5. The van der Waals surface area contributed by atoms with Gasteiger partial charge in [-0.2, -0.15) is 0 Å². The molecule has 0 bridgehead atoms. The summed E-state index contributed by atoms with van der Waals surface area (Å²) in [6.07, 6.45) is -0.406. The van der Waals surface area contributed by atoms with Gasteiger partial charge in [-0.25, -0.2) is 10.9 Å². The Hall–Kier alpha value is -2.37. The van der Waals surface area contributed by atoms with Gasteiger partial charge in [-0.3, -0.25) is 14.2 Å². The molecule has 0 aliphatic heterocycles. The summed E-state index contributed by atoms with van der Waals surface area (Å²) >= 11 is 13.1. The van der Waals surface area contributed by atoms with E-state index in [9.17, 15) is 24.2 Å². The number of nitrogens with zero attached hydrogens (tertiary/aromatic N) is 1. The Morgan fingerprint density at radius 2 is 1.44 bits per heavy atom. The molecule has 4 N–H and O–H groups in total. The number of phenolic OH excluding ortho intramolecular Hbond substituents is 1. The molecule has 0 fully saturated rings. The van der Waals surface area contributed by atoms with Crippen molar-refractivity contribution in [3.8, 4) is 11.5 Å². The molecule has 11 nitrogen and oxygen atoms in total. The summed E-state index contributed by atoms with van der Waals surface area (Å²) < 4.78 is 29.5. The summed E-state index contributed by atoms with van der Waals surface area (Å²) in [7, 11) is -4.53. The Kier molecular flexibility index (Phi) is 12.9. The first-order valence-electron chi connectivity index (χ1n) is 13.8. The van der Waals surface area contributed by atoms with E-state index in [1.807, 2.05) is 19.9 Å². The fraction of sp³-hybridized carbons (Fsp3) is 0.517. The van der Waals surface area contributed by atoms with Crippen LogP contribution in [-0.2, 0) is 30.0 Å². The number of carbonyl (C=O) groups excluding carboxylic acids is 2. The van der Waals surface area contributed by atoms with E-state index in [4.69, 9.17) is 37.4 Å². The van der Waals surface area contributed by atoms with Crippen LogP contribution in [0.2, 0.25) is 10.0 Å². The number of benzene rings is 2. The number of hydrogen-bond donors (Lipinski definition) is 4. The number of rotatable bonds is 15. The third-order valence-electron chi connectivity index (χ3n) is 6.26. The van der Waals surface area contributed by atoms with Crippen molar-refractivity contribution < 1.29 is 38.4 Å². The van der Waals surface area contributed by atoms with E-state index >= 15 is 0 Å². The van der Waals surface area contributed by atoms with Crippen LogP contribution in [-0.4, -0.2) is 57.5 Å². The Balaban J connectivity index is 2.32. The molecule has 2 rings (SSSR count). The number of hydrazine groups is 2. The van der Waals surface area contributed by atoms with E-state index in [0.29, 0.717) is 16.9 Å². The molecule has 0 aromatic heterocycles. The summed E-state index contributed by atoms with van der Waals surface area (Å²) in [6, 6.07) is 8.25. The molecule has 0 radical (unpaired) electrons. The molecule has 0 aliphatic carbocycles. The van der Waals surface area contributed by atoms with E-state index in [2.05, 4.69) is 10.9 Å². The van der Waals surface area contributed by atoms with E-state index in [-0.39, 0.29) is 40.7 Å². The van der Waals surface area contributed by atoms with Crippen LogP contribution in [0.25, 0.3) is 0 Å². The van der Waals surface area contributed by atoms with E-state index < -0.39 is 36.9 Å². The minimum Gasteiger partial charge on any atom is -0.508 e. The van der Waals surface area contributed by atoms with Gasteiger partial charge in [0.05, 0.1) is 13.2 Å². The Labute approximate surface area is 263 Å². The number of hydrogen-bond acceptors (Lipinski definition) is 9. The van der Waals surface area contributed by atoms with Crippen molar-refractivity contribution >= 4 is 42.7 Å². The number of ether oxygens (including phenoxy) is 3. The lowest BCUT2D eigenvalue weighted by molar-refractivity contribution is -0.154. The van der Waals surface area contributed by atoms with Gasteiger partial charge in [0.2, 0.25) is 0 Å². The highest BCUT2D eigenvalue weighted by Crippen LogP contribution is 2.44. The largest absolute Gasteiger partial charge is 0.508 e. The minimum absolute atomic E-state index is 0.0920. The van der Waals surface area contributed by atoms with E-state index in [1.54, 1.807) is 26.0 Å². The summed E-state index contributed by atoms with van der Waals surface area (Å²) in [5.41, 5.74) is 4.65. The van der Waals surface area contributed by atoms with Crippen molar-refractivity contribution in [3.05, 3.63) is 57.1 Å². The van der Waals surface area contributed by atoms with Crippen LogP contribution in [0.4, 0.5) is 0 Å². The van der Waals surface area contributed by atoms with Crippen molar-refractivity contribution in [2.45, 2.75) is 78.8 Å². The Morgan fingerprint density at radius 3 is 1.88 bits per heavy atom. The highest BCUT2D eigenvalue weighted by molar-refractivity contribution is 7.55. The molecule has 2 aromatic rings. The van der Waals surface area contributed by atoms with Gasteiger partial charge in [0, 0.05) is 16.5 Å². The lowest BCUT2D eigenvalue weighted by Gasteiger charge is -2.38. The molecular formula is C29H42Cl2N3O8P. The molecule has 1 unspecified atom stereocenters. The summed E-state index contributed by atoms with van der Waals surface area (Å²) in [5.74, 6) is -0.941. The number of halogens is 2. The van der Waals surface area contributed by atoms with Gasteiger partial charge in [-0.15, -0.1) is 0 Å². The van der Waals surface area contributed by atoms with Crippen molar-refractivity contribution in [1.82, 2.24) is 15.7 Å². The standard InChI is InChI=1S/C29H42Cl2N3O8P/c1-9-40-26(36)28(5,6)32-34(33-29(7,8)27(37)41-10-2)43(38,39)17-42-20-15-23(30)22(24(31)16-20)14-19-11-12-25(35)21(13-19)18(3)4/h11-13,15-16,18,32-33,35H,9-10,14,17H2,1-8H3,(H,38,39). The van der Waals surface area contributed by atoms with Crippen LogP contribution in [0.1, 0.15) is 78.0 Å². The normalized spacial score (nSPS) is 13.6. The first-order chi connectivity index (χ1) is 19.8. The second-order valence-electron chi connectivity index (χ2n) is 11.3. The topological polar surface area (TPSA) is 147 Å². The predicted octanol–water partition coefficient (Wildman–Crippen LogP) is 5.93. The third-order valence-corrected chi connectivity index (χ3v) is 8.23. The molecule has 14 heteroatoms. The molecule has 240 valence electrons. The predicted molar refractivity (Wildman–Crippen MR) is 166 cm³/mol. The molecule has 43 heavy (non-hydrogen) atoms. The number of nitrogens with one attached hydrogen (secondary N) is 2. The van der Waals surface area contributed by atoms with Crippen LogP contribution in [0.15, 0.2) is 30.3 Å². The maximum atomic E-state index is 13.6. The smallest absolute Gasteiger partial charge is 0.333 e. The molecular weight excluding hydrogens is 620 g/mol. The lowest BCUT2D eigenvalue weighted by atomic mass is 9.96. The van der Waals surface area contributed by atoms with Crippen LogP contribution in [0.3, 0.4) is 0 Å². The first kappa shape index (κ1) is 36.8. The first-order valence-corrected chi connectivity index (χ1v) is 16.3. The monoisotopic (exact) mass is 661 g/mol. The second kappa shape index (κ2) is 15.1. The number of phenols is 1. The third kappa shape index (κ3) is 10.1. The SMILES string of the molecule is CCOC(=O)C(C)(C)NN(NC(C)(C)C(=O)OCC)P(=O)(O)COc1cc(Cl)c(Cc2ccc(O)c(C(C)C)c2)c(Cl)c1. The van der Waals surface area contributed by atoms with Gasteiger partial charge in [-0.1, -0.05) is 54.1 Å². The quantitative estimate of drug-likeness (QED) is 0.102. The van der Waals surface area contributed by atoms with Gasteiger partial charge >= 0.3 is 19.5 Å². The zero-order chi connectivity index (χ0) is 32.8. The molecule has 1 atom stereocenters. The number of carbonyl (C=O) groups is 2. The zero-order valence-electron chi connectivity index (χ0n) is 25.8. The molecule has 0 saturated heterocycles. The van der Waals surface area contributed by atoms with Crippen molar-refractivity contribution in [2.24, 2.45) is 0 Å². The van der Waals surface area contributed by atoms with Gasteiger partial charge in [0.15, 0.2) is 6.35 Å². The minimum atomic E-state index is -4.53. The fourth-order valence-corrected chi connectivity index (χ4v) is 5.70. The number of aromatic hydroxyl groups is 1. The highest BCUT2D eigenvalue weighted by Gasteiger charge is 2.43. The van der Waals surface area contributed by atoms with E-state index in [0.717, 1.165) is 11.1 Å². The zero-order valence-corrected chi connectivity index (χ0v) is 28.2. The maximum absolute atomic E-state index is 13.6. The molecule has 0 aliphatic rings. The Bertz CT molecular complexity index is 1300.